The van der Waals surface area contributed by atoms with E-state index in [1.165, 1.54) is 19.1 Å². The largest absolute Gasteiger partial charge is 0.497 e. The number of non-ortho nitro benzene ring substituents is 1. The number of hydrogen-bond acceptors (Lipinski definition) is 9. The standard InChI is InChI=1S/C38H46N4O9Si/c1-23-35(52(4,5)30-14-12-29(50-3)13-15-30)33(20-34(45)40-17-7-10-28(40)22-43)51-38(23)31-19-27(42(48)49)11-16-32(31)41(37(38)47)21-25-8-6-9-26(18-25)39-36(46)24(2)44/h6,8-9,11-16,18-19,23-24,28,33,35,43-44H,7,10,17,20-22H2,1-5H3,(H,39,46)/t23-,24+,28+,33+,35-,38+/m1/s1. The van der Waals surface area contributed by atoms with Crippen LogP contribution >= 0.6 is 0 Å². The first-order chi connectivity index (χ1) is 24.7. The number of benzene rings is 3. The first-order valence-corrected chi connectivity index (χ1v) is 20.7. The van der Waals surface area contributed by atoms with Crippen molar-refractivity contribution in [3.8, 4) is 5.75 Å². The number of fused-ring (bicyclic) bond motifs is 2. The summed E-state index contributed by atoms with van der Waals surface area (Å²) < 4.78 is 12.5. The molecular weight excluding hydrogens is 685 g/mol. The van der Waals surface area contributed by atoms with E-state index in [-0.39, 0.29) is 48.7 Å². The van der Waals surface area contributed by atoms with Gasteiger partial charge in [0.1, 0.15) is 11.9 Å². The van der Waals surface area contributed by atoms with Crippen molar-refractivity contribution in [1.29, 1.82) is 0 Å². The molecule has 2 fully saturated rings. The Morgan fingerprint density at radius 2 is 1.88 bits per heavy atom. The van der Waals surface area contributed by atoms with Crippen molar-refractivity contribution >= 4 is 48.0 Å². The summed E-state index contributed by atoms with van der Waals surface area (Å²) in [5.74, 6) is -0.922. The molecule has 0 unspecified atom stereocenters. The number of nitro benzene ring substituents is 1. The maximum absolute atomic E-state index is 15.1. The molecule has 0 bridgehead atoms. The number of anilines is 2. The summed E-state index contributed by atoms with van der Waals surface area (Å²) in [4.78, 5) is 56.2. The summed E-state index contributed by atoms with van der Waals surface area (Å²) >= 11 is 0. The van der Waals surface area contributed by atoms with E-state index in [4.69, 9.17) is 9.47 Å². The molecule has 2 saturated heterocycles. The van der Waals surface area contributed by atoms with E-state index in [0.717, 1.165) is 11.6 Å². The molecule has 3 aliphatic rings. The summed E-state index contributed by atoms with van der Waals surface area (Å²) in [7, 11) is -1.01. The summed E-state index contributed by atoms with van der Waals surface area (Å²) in [6, 6.07) is 18.8. The van der Waals surface area contributed by atoms with Crippen LogP contribution in [0, 0.1) is 16.0 Å². The highest BCUT2D eigenvalue weighted by molar-refractivity contribution is 6.91. The van der Waals surface area contributed by atoms with Crippen LogP contribution in [-0.2, 0) is 31.3 Å². The second kappa shape index (κ2) is 14.4. The molecule has 0 aliphatic carbocycles. The molecule has 13 nitrogen and oxygen atoms in total. The normalized spacial score (nSPS) is 24.6. The zero-order valence-corrected chi connectivity index (χ0v) is 31.1. The van der Waals surface area contributed by atoms with E-state index in [1.54, 1.807) is 47.2 Å². The maximum atomic E-state index is 15.1. The third-order valence-electron chi connectivity index (χ3n) is 11.2. The van der Waals surface area contributed by atoms with Crippen molar-refractivity contribution in [2.24, 2.45) is 5.92 Å². The lowest BCUT2D eigenvalue weighted by Gasteiger charge is -2.37. The number of ether oxygens (including phenoxy) is 2. The van der Waals surface area contributed by atoms with Crippen molar-refractivity contribution in [2.75, 3.05) is 30.5 Å². The van der Waals surface area contributed by atoms with E-state index in [9.17, 15) is 29.9 Å². The van der Waals surface area contributed by atoms with Gasteiger partial charge < -0.3 is 34.8 Å². The van der Waals surface area contributed by atoms with Gasteiger partial charge in [-0.1, -0.05) is 49.5 Å². The Bertz CT molecular complexity index is 1870. The molecule has 276 valence electrons. The van der Waals surface area contributed by atoms with Crippen LogP contribution in [0.1, 0.15) is 44.2 Å². The second-order valence-electron chi connectivity index (χ2n) is 14.6. The molecule has 3 aromatic carbocycles. The molecule has 0 radical (unpaired) electrons. The lowest BCUT2D eigenvalue weighted by Crippen LogP contribution is -2.52. The summed E-state index contributed by atoms with van der Waals surface area (Å²) in [6.45, 7) is 8.17. The first-order valence-electron chi connectivity index (χ1n) is 17.6. The Hall–Kier alpha value is -4.63. The lowest BCUT2D eigenvalue weighted by molar-refractivity contribution is -0.385. The predicted molar refractivity (Wildman–Crippen MR) is 197 cm³/mol. The summed E-state index contributed by atoms with van der Waals surface area (Å²) in [5, 5.41) is 35.6. The molecule has 3 heterocycles. The van der Waals surface area contributed by atoms with Crippen LogP contribution in [-0.4, -0.2) is 84.3 Å². The molecular formula is C38H46N4O9Si. The van der Waals surface area contributed by atoms with Gasteiger partial charge in [0.2, 0.25) is 5.91 Å². The van der Waals surface area contributed by atoms with Crippen LogP contribution in [0.4, 0.5) is 17.1 Å². The Labute approximate surface area is 303 Å². The Kier molecular flexibility index (Phi) is 10.3. The highest BCUT2D eigenvalue weighted by Crippen LogP contribution is 2.60. The van der Waals surface area contributed by atoms with Crippen LogP contribution in [0.15, 0.2) is 66.7 Å². The number of amides is 3. The molecule has 1 spiro atoms. The Balaban J connectivity index is 1.44. The molecule has 3 amide bonds. The zero-order valence-electron chi connectivity index (χ0n) is 30.1. The Morgan fingerprint density at radius 1 is 1.15 bits per heavy atom. The fraction of sp³-hybridized carbons (Fsp3) is 0.447. The van der Waals surface area contributed by atoms with Crippen LogP contribution in [0.25, 0.3) is 0 Å². The minimum Gasteiger partial charge on any atom is -0.497 e. The molecule has 3 aromatic rings. The number of carbonyl (C=O) groups is 3. The average molecular weight is 731 g/mol. The number of aliphatic hydroxyl groups is 2. The van der Waals surface area contributed by atoms with Gasteiger partial charge in [0.15, 0.2) is 5.60 Å². The third-order valence-corrected chi connectivity index (χ3v) is 15.6. The van der Waals surface area contributed by atoms with Crippen molar-refractivity contribution in [1.82, 2.24) is 4.90 Å². The van der Waals surface area contributed by atoms with E-state index in [1.807, 2.05) is 31.2 Å². The third kappa shape index (κ3) is 6.48. The maximum Gasteiger partial charge on any atom is 0.269 e. The predicted octanol–water partition coefficient (Wildman–Crippen LogP) is 4.06. The van der Waals surface area contributed by atoms with Crippen LogP contribution in [0.2, 0.25) is 18.6 Å². The molecule has 52 heavy (non-hydrogen) atoms. The van der Waals surface area contributed by atoms with Gasteiger partial charge in [0, 0.05) is 35.8 Å². The SMILES string of the molecule is COc1ccc([Si](C)(C)[C@H]2[C@H](CC(=O)N3CCC[C@H]3CO)O[C@@]3(C(=O)N(Cc4cccc(NC(=O)[C@H](C)O)c4)c4ccc([N+](=O)[O-])cc43)[C@@H]2C)cc1. The smallest absolute Gasteiger partial charge is 0.269 e. The van der Waals surface area contributed by atoms with Crippen LogP contribution in [0.5, 0.6) is 5.75 Å². The van der Waals surface area contributed by atoms with Gasteiger partial charge in [-0.15, -0.1) is 0 Å². The van der Waals surface area contributed by atoms with E-state index < -0.39 is 42.6 Å². The molecule has 0 aromatic heterocycles. The lowest BCUT2D eigenvalue weighted by atomic mass is 9.82. The quantitative estimate of drug-likeness (QED) is 0.150. The van der Waals surface area contributed by atoms with Gasteiger partial charge in [-0.2, -0.15) is 0 Å². The summed E-state index contributed by atoms with van der Waals surface area (Å²) in [6.07, 6.45) is -0.445. The second-order valence-corrected chi connectivity index (χ2v) is 19.3. The highest BCUT2D eigenvalue weighted by Gasteiger charge is 2.67. The van der Waals surface area contributed by atoms with Gasteiger partial charge >= 0.3 is 0 Å². The number of nitrogens with one attached hydrogen (secondary N) is 1. The molecule has 3 N–H and O–H groups in total. The topological polar surface area (TPSA) is 172 Å². The number of hydrogen-bond donors (Lipinski definition) is 3. The van der Waals surface area contributed by atoms with E-state index in [2.05, 4.69) is 18.4 Å². The van der Waals surface area contributed by atoms with Crippen LogP contribution < -0.4 is 20.1 Å². The number of methoxy groups -OCH3 is 1. The zero-order chi connectivity index (χ0) is 37.5. The number of likely N-dealkylation sites (tertiary alicyclic amines) is 1. The number of rotatable bonds is 11. The fourth-order valence-electron chi connectivity index (χ4n) is 8.59. The monoisotopic (exact) mass is 730 g/mol. The minimum absolute atomic E-state index is 0.0115. The van der Waals surface area contributed by atoms with E-state index >= 15 is 4.79 Å². The average Bonchev–Trinajstić information content (AvgIpc) is 3.78. The number of carbonyl (C=O) groups excluding carboxylic acids is 3. The molecule has 6 rings (SSSR count). The van der Waals surface area contributed by atoms with Gasteiger partial charge in [-0.25, -0.2) is 0 Å². The number of nitrogens with zero attached hydrogens (tertiary/aromatic N) is 3. The van der Waals surface area contributed by atoms with Crippen LogP contribution in [0.3, 0.4) is 0 Å². The van der Waals surface area contributed by atoms with Gasteiger partial charge in [-0.05, 0) is 61.2 Å². The number of nitro groups is 1. The van der Waals surface area contributed by atoms with Gasteiger partial charge in [-0.3, -0.25) is 24.5 Å². The van der Waals surface area contributed by atoms with Crippen molar-refractivity contribution in [3.05, 3.63) is 88.0 Å². The highest BCUT2D eigenvalue weighted by atomic mass is 28.3. The van der Waals surface area contributed by atoms with Gasteiger partial charge in [0.25, 0.3) is 17.5 Å². The van der Waals surface area contributed by atoms with Crippen molar-refractivity contribution in [3.63, 3.8) is 0 Å². The van der Waals surface area contributed by atoms with Crippen molar-refractivity contribution in [2.45, 2.75) is 82.1 Å². The summed E-state index contributed by atoms with van der Waals surface area (Å²) in [5.41, 5.74) is -0.140. The molecule has 14 heteroatoms. The van der Waals surface area contributed by atoms with E-state index in [0.29, 0.717) is 41.2 Å². The number of aliphatic hydroxyl groups excluding tert-OH is 2. The first kappa shape index (κ1) is 37.1. The molecule has 3 aliphatic heterocycles. The molecule has 6 atom stereocenters. The fourth-order valence-corrected chi connectivity index (χ4v) is 12.6. The van der Waals surface area contributed by atoms with Gasteiger partial charge in [0.05, 0.1) is 57.5 Å². The molecule has 0 saturated carbocycles. The Morgan fingerprint density at radius 3 is 2.54 bits per heavy atom. The minimum atomic E-state index is -2.61. The van der Waals surface area contributed by atoms with Crippen molar-refractivity contribution < 1.29 is 39.0 Å².